The molecule has 0 atom stereocenters. The van der Waals surface area contributed by atoms with Crippen molar-refractivity contribution >= 4 is 23.4 Å². The van der Waals surface area contributed by atoms with Crippen LogP contribution in [0.15, 0.2) is 66.3 Å². The number of carbonyl (C=O) groups is 1. The Hall–Kier alpha value is -2.93. The number of aryl methyl sites for hydroxylation is 1. The van der Waals surface area contributed by atoms with Crippen molar-refractivity contribution in [3.8, 4) is 11.4 Å². The van der Waals surface area contributed by atoms with Crippen molar-refractivity contribution in [1.29, 1.82) is 0 Å². The molecule has 2 aromatic carbocycles. The average Bonchev–Trinajstić information content (AvgIpc) is 3.03. The SMILES string of the molecule is C=CCn1c(SCC(=O)Nc2cccc(C)c2)nnc1-c1ccccc1F. The molecule has 0 aliphatic heterocycles. The number of thioether (sulfide) groups is 1. The fourth-order valence-corrected chi connectivity index (χ4v) is 3.33. The van der Waals surface area contributed by atoms with Crippen LogP contribution in [0.2, 0.25) is 0 Å². The summed E-state index contributed by atoms with van der Waals surface area (Å²) >= 11 is 1.25. The van der Waals surface area contributed by atoms with Gasteiger partial charge in [0, 0.05) is 12.2 Å². The van der Waals surface area contributed by atoms with Crippen molar-refractivity contribution in [3.05, 3.63) is 72.6 Å². The van der Waals surface area contributed by atoms with Gasteiger partial charge in [0.25, 0.3) is 0 Å². The van der Waals surface area contributed by atoms with Crippen LogP contribution < -0.4 is 5.32 Å². The lowest BCUT2D eigenvalue weighted by Crippen LogP contribution is -2.14. The quantitative estimate of drug-likeness (QED) is 0.489. The molecule has 1 aromatic heterocycles. The van der Waals surface area contributed by atoms with Crippen molar-refractivity contribution < 1.29 is 9.18 Å². The van der Waals surface area contributed by atoms with Crippen LogP contribution in [-0.2, 0) is 11.3 Å². The number of halogens is 1. The van der Waals surface area contributed by atoms with Gasteiger partial charge in [-0.3, -0.25) is 9.36 Å². The van der Waals surface area contributed by atoms with Crippen molar-refractivity contribution in [2.45, 2.75) is 18.6 Å². The summed E-state index contributed by atoms with van der Waals surface area (Å²) in [4.78, 5) is 12.2. The van der Waals surface area contributed by atoms with Crippen LogP contribution in [0.4, 0.5) is 10.1 Å². The van der Waals surface area contributed by atoms with Gasteiger partial charge in [0.1, 0.15) is 5.82 Å². The molecule has 1 heterocycles. The van der Waals surface area contributed by atoms with Gasteiger partial charge in [-0.05, 0) is 36.8 Å². The first-order valence-electron chi connectivity index (χ1n) is 8.37. The highest BCUT2D eigenvalue weighted by Gasteiger charge is 2.17. The molecule has 7 heteroatoms. The summed E-state index contributed by atoms with van der Waals surface area (Å²) in [6, 6.07) is 14.0. The fraction of sp³-hybridized carbons (Fsp3) is 0.150. The Labute approximate surface area is 161 Å². The molecule has 0 radical (unpaired) electrons. The second kappa shape index (κ2) is 8.64. The zero-order valence-corrected chi connectivity index (χ0v) is 15.7. The number of benzene rings is 2. The molecule has 0 aliphatic carbocycles. The number of allylic oxidation sites excluding steroid dienone is 1. The molecule has 0 saturated heterocycles. The predicted octanol–water partition coefficient (Wildman–Crippen LogP) is 4.31. The first-order valence-corrected chi connectivity index (χ1v) is 9.35. The van der Waals surface area contributed by atoms with E-state index in [1.807, 2.05) is 31.2 Å². The summed E-state index contributed by atoms with van der Waals surface area (Å²) in [7, 11) is 0. The number of anilines is 1. The maximum atomic E-state index is 14.1. The van der Waals surface area contributed by atoms with Crippen LogP contribution in [0.25, 0.3) is 11.4 Å². The number of amides is 1. The first-order chi connectivity index (χ1) is 13.1. The van der Waals surface area contributed by atoms with Gasteiger partial charge in [-0.15, -0.1) is 16.8 Å². The molecule has 27 heavy (non-hydrogen) atoms. The monoisotopic (exact) mass is 382 g/mol. The van der Waals surface area contributed by atoms with Gasteiger partial charge < -0.3 is 5.32 Å². The lowest BCUT2D eigenvalue weighted by atomic mass is 10.2. The predicted molar refractivity (Wildman–Crippen MR) is 106 cm³/mol. The summed E-state index contributed by atoms with van der Waals surface area (Å²) in [5, 5.41) is 11.6. The number of aromatic nitrogens is 3. The molecule has 0 spiro atoms. The molecule has 1 amide bonds. The number of hydrogen-bond acceptors (Lipinski definition) is 4. The standard InChI is InChI=1S/C20H19FN4OS/c1-3-11-25-19(16-9-4-5-10-17(16)21)23-24-20(25)27-13-18(26)22-15-8-6-7-14(2)12-15/h3-10,12H,1,11,13H2,2H3,(H,22,26). The van der Waals surface area contributed by atoms with E-state index in [1.54, 1.807) is 28.8 Å². The maximum Gasteiger partial charge on any atom is 0.234 e. The fourth-order valence-electron chi connectivity index (χ4n) is 2.58. The summed E-state index contributed by atoms with van der Waals surface area (Å²) in [5.74, 6) is 0.0604. The van der Waals surface area contributed by atoms with E-state index in [0.717, 1.165) is 11.3 Å². The van der Waals surface area contributed by atoms with Crippen LogP contribution in [0.1, 0.15) is 5.56 Å². The highest BCUT2D eigenvalue weighted by atomic mass is 32.2. The Morgan fingerprint density at radius 1 is 1.26 bits per heavy atom. The summed E-state index contributed by atoms with van der Waals surface area (Å²) < 4.78 is 15.9. The molecule has 1 N–H and O–H groups in total. The van der Waals surface area contributed by atoms with Crippen molar-refractivity contribution in [2.24, 2.45) is 0 Å². The van der Waals surface area contributed by atoms with E-state index in [0.29, 0.717) is 23.1 Å². The molecule has 0 bridgehead atoms. The third-order valence-corrected chi connectivity index (χ3v) is 4.74. The molecule has 0 saturated carbocycles. The van der Waals surface area contributed by atoms with Gasteiger partial charge in [-0.2, -0.15) is 0 Å². The highest BCUT2D eigenvalue weighted by Crippen LogP contribution is 2.26. The largest absolute Gasteiger partial charge is 0.325 e. The minimum atomic E-state index is -0.371. The van der Waals surface area contributed by atoms with Crippen molar-refractivity contribution in [2.75, 3.05) is 11.1 Å². The zero-order chi connectivity index (χ0) is 19.2. The normalized spacial score (nSPS) is 10.6. The van der Waals surface area contributed by atoms with Gasteiger partial charge in [-0.25, -0.2) is 4.39 Å². The molecule has 3 aromatic rings. The Morgan fingerprint density at radius 2 is 2.07 bits per heavy atom. The third kappa shape index (κ3) is 4.62. The van der Waals surface area contributed by atoms with E-state index in [4.69, 9.17) is 0 Å². The van der Waals surface area contributed by atoms with Crippen LogP contribution in [-0.4, -0.2) is 26.4 Å². The van der Waals surface area contributed by atoms with Gasteiger partial charge in [-0.1, -0.05) is 42.1 Å². The zero-order valence-electron chi connectivity index (χ0n) is 14.9. The summed E-state index contributed by atoms with van der Waals surface area (Å²) in [6.07, 6.45) is 1.69. The van der Waals surface area contributed by atoms with Crippen LogP contribution in [0.3, 0.4) is 0 Å². The Balaban J connectivity index is 1.74. The number of nitrogens with one attached hydrogen (secondary N) is 1. The van der Waals surface area contributed by atoms with E-state index in [9.17, 15) is 9.18 Å². The van der Waals surface area contributed by atoms with Crippen molar-refractivity contribution in [3.63, 3.8) is 0 Å². The van der Waals surface area contributed by atoms with Gasteiger partial charge in [0.2, 0.25) is 5.91 Å². The minimum absolute atomic E-state index is 0.147. The van der Waals surface area contributed by atoms with Crippen LogP contribution >= 0.6 is 11.8 Å². The van der Waals surface area contributed by atoms with Crippen LogP contribution in [0, 0.1) is 12.7 Å². The molecule has 0 fully saturated rings. The topological polar surface area (TPSA) is 59.8 Å². The second-order valence-electron chi connectivity index (χ2n) is 5.89. The van der Waals surface area contributed by atoms with E-state index in [2.05, 4.69) is 22.1 Å². The smallest absolute Gasteiger partial charge is 0.234 e. The van der Waals surface area contributed by atoms with Gasteiger partial charge in [0.15, 0.2) is 11.0 Å². The van der Waals surface area contributed by atoms with Gasteiger partial charge in [0.05, 0.1) is 11.3 Å². The number of rotatable bonds is 7. The average molecular weight is 382 g/mol. The molecular weight excluding hydrogens is 363 g/mol. The first kappa shape index (κ1) is 18.8. The Morgan fingerprint density at radius 3 is 2.81 bits per heavy atom. The Bertz CT molecular complexity index is 970. The number of hydrogen-bond donors (Lipinski definition) is 1. The lowest BCUT2D eigenvalue weighted by Gasteiger charge is -2.09. The molecular formula is C20H19FN4OS. The number of carbonyl (C=O) groups excluding carboxylic acids is 1. The highest BCUT2D eigenvalue weighted by molar-refractivity contribution is 7.99. The minimum Gasteiger partial charge on any atom is -0.325 e. The third-order valence-electron chi connectivity index (χ3n) is 3.78. The molecule has 5 nitrogen and oxygen atoms in total. The van der Waals surface area contributed by atoms with E-state index in [-0.39, 0.29) is 17.5 Å². The molecule has 3 rings (SSSR count). The second-order valence-corrected chi connectivity index (χ2v) is 6.83. The van der Waals surface area contributed by atoms with Gasteiger partial charge >= 0.3 is 0 Å². The van der Waals surface area contributed by atoms with E-state index < -0.39 is 0 Å². The lowest BCUT2D eigenvalue weighted by molar-refractivity contribution is -0.113. The summed E-state index contributed by atoms with van der Waals surface area (Å²) in [5.41, 5.74) is 2.18. The maximum absolute atomic E-state index is 14.1. The number of nitrogens with zero attached hydrogens (tertiary/aromatic N) is 3. The molecule has 138 valence electrons. The van der Waals surface area contributed by atoms with E-state index >= 15 is 0 Å². The molecule has 0 aliphatic rings. The Kier molecular flexibility index (Phi) is 6.03. The van der Waals surface area contributed by atoms with Crippen molar-refractivity contribution in [1.82, 2.24) is 14.8 Å². The molecule has 0 unspecified atom stereocenters. The van der Waals surface area contributed by atoms with E-state index in [1.165, 1.54) is 17.8 Å². The van der Waals surface area contributed by atoms with Crippen LogP contribution in [0.5, 0.6) is 0 Å². The summed E-state index contributed by atoms with van der Waals surface area (Å²) in [6.45, 7) is 6.11.